The Hall–Kier alpha value is -3.00. The second-order valence-electron chi connectivity index (χ2n) is 6.08. The molecule has 2 aromatic rings. The van der Waals surface area contributed by atoms with Gasteiger partial charge < -0.3 is 14.8 Å². The maximum absolute atomic E-state index is 12.3. The van der Waals surface area contributed by atoms with Crippen LogP contribution in [0.3, 0.4) is 0 Å². The van der Waals surface area contributed by atoms with E-state index in [1.807, 2.05) is 24.3 Å². The van der Waals surface area contributed by atoms with Crippen LogP contribution in [0.15, 0.2) is 48.5 Å². The van der Waals surface area contributed by atoms with E-state index in [1.165, 1.54) is 0 Å². The molecule has 5 nitrogen and oxygen atoms in total. The van der Waals surface area contributed by atoms with Crippen molar-refractivity contribution in [3.8, 4) is 17.6 Å². The van der Waals surface area contributed by atoms with Gasteiger partial charge in [0.25, 0.3) is 5.91 Å². The van der Waals surface area contributed by atoms with Crippen LogP contribution in [0.4, 0.5) is 0 Å². The third kappa shape index (κ3) is 4.51. The lowest BCUT2D eigenvalue weighted by Crippen LogP contribution is -2.33. The lowest BCUT2D eigenvalue weighted by molar-refractivity contribution is -0.124. The lowest BCUT2D eigenvalue weighted by atomic mass is 10.0. The SMILES string of the molecule is COc1ccc(C(NC(=O)COc2cccc(C#N)c2)C2CC2)cc1. The molecule has 0 aromatic heterocycles. The predicted molar refractivity (Wildman–Crippen MR) is 93.3 cm³/mol. The second kappa shape index (κ2) is 7.71. The average molecular weight is 336 g/mol. The number of methoxy groups -OCH3 is 1. The Bertz CT molecular complexity index is 776. The first-order valence-corrected chi connectivity index (χ1v) is 8.26. The molecule has 5 heteroatoms. The van der Waals surface area contributed by atoms with Crippen LogP contribution in [-0.2, 0) is 4.79 Å². The van der Waals surface area contributed by atoms with Crippen molar-refractivity contribution < 1.29 is 14.3 Å². The molecule has 25 heavy (non-hydrogen) atoms. The summed E-state index contributed by atoms with van der Waals surface area (Å²) in [6, 6.07) is 16.6. The normalized spacial score (nSPS) is 14.2. The molecule has 128 valence electrons. The van der Waals surface area contributed by atoms with E-state index in [0.29, 0.717) is 17.2 Å². The van der Waals surface area contributed by atoms with E-state index in [-0.39, 0.29) is 18.6 Å². The molecule has 1 N–H and O–H groups in total. The van der Waals surface area contributed by atoms with Crippen LogP contribution in [0.25, 0.3) is 0 Å². The zero-order valence-corrected chi connectivity index (χ0v) is 14.1. The first kappa shape index (κ1) is 16.8. The lowest BCUT2D eigenvalue weighted by Gasteiger charge is -2.19. The highest BCUT2D eigenvalue weighted by Crippen LogP contribution is 2.41. The summed E-state index contributed by atoms with van der Waals surface area (Å²) in [5.41, 5.74) is 1.58. The average Bonchev–Trinajstić information content (AvgIpc) is 3.50. The van der Waals surface area contributed by atoms with Gasteiger partial charge in [0.05, 0.1) is 24.8 Å². The summed E-state index contributed by atoms with van der Waals surface area (Å²) in [5, 5.41) is 12.0. The summed E-state index contributed by atoms with van der Waals surface area (Å²) in [7, 11) is 1.63. The van der Waals surface area contributed by atoms with E-state index in [2.05, 4.69) is 11.4 Å². The molecule has 0 radical (unpaired) electrons. The highest BCUT2D eigenvalue weighted by atomic mass is 16.5. The van der Waals surface area contributed by atoms with Crippen LogP contribution in [0.5, 0.6) is 11.5 Å². The van der Waals surface area contributed by atoms with Crippen molar-refractivity contribution in [2.24, 2.45) is 5.92 Å². The Morgan fingerprint density at radius 1 is 1.24 bits per heavy atom. The number of rotatable bonds is 7. The summed E-state index contributed by atoms with van der Waals surface area (Å²) < 4.78 is 10.7. The van der Waals surface area contributed by atoms with Gasteiger partial charge >= 0.3 is 0 Å². The first-order valence-electron chi connectivity index (χ1n) is 8.26. The Balaban J connectivity index is 1.60. The van der Waals surface area contributed by atoms with Gasteiger partial charge in [0.2, 0.25) is 0 Å². The third-order valence-corrected chi connectivity index (χ3v) is 4.22. The molecule has 0 bridgehead atoms. The molecule has 2 aromatic carbocycles. The number of nitrogens with zero attached hydrogens (tertiary/aromatic N) is 1. The van der Waals surface area contributed by atoms with Crippen molar-refractivity contribution in [2.75, 3.05) is 13.7 Å². The van der Waals surface area contributed by atoms with Crippen LogP contribution < -0.4 is 14.8 Å². The van der Waals surface area contributed by atoms with Crippen molar-refractivity contribution in [1.29, 1.82) is 5.26 Å². The molecule has 1 saturated carbocycles. The number of nitrogens with one attached hydrogen (secondary N) is 1. The maximum Gasteiger partial charge on any atom is 0.258 e. The van der Waals surface area contributed by atoms with Gasteiger partial charge in [0.1, 0.15) is 11.5 Å². The fraction of sp³-hybridized carbons (Fsp3) is 0.300. The molecule has 3 rings (SSSR count). The van der Waals surface area contributed by atoms with Gasteiger partial charge in [0, 0.05) is 0 Å². The molecular weight excluding hydrogens is 316 g/mol. The van der Waals surface area contributed by atoms with Crippen LogP contribution in [-0.4, -0.2) is 19.6 Å². The summed E-state index contributed by atoms with van der Waals surface area (Å²) >= 11 is 0. The highest BCUT2D eigenvalue weighted by molar-refractivity contribution is 5.78. The highest BCUT2D eigenvalue weighted by Gasteiger charge is 2.33. The van der Waals surface area contributed by atoms with Crippen LogP contribution in [0.2, 0.25) is 0 Å². The van der Waals surface area contributed by atoms with Gasteiger partial charge in [0.15, 0.2) is 6.61 Å². The van der Waals surface area contributed by atoms with E-state index in [9.17, 15) is 4.79 Å². The Morgan fingerprint density at radius 3 is 2.64 bits per heavy atom. The fourth-order valence-electron chi connectivity index (χ4n) is 2.73. The molecule has 1 fully saturated rings. The van der Waals surface area contributed by atoms with Crippen molar-refractivity contribution in [3.05, 3.63) is 59.7 Å². The number of hydrogen-bond donors (Lipinski definition) is 1. The first-order chi connectivity index (χ1) is 12.2. The summed E-state index contributed by atoms with van der Waals surface area (Å²) in [5.74, 6) is 1.61. The molecule has 1 aliphatic rings. The van der Waals surface area contributed by atoms with Gasteiger partial charge in [-0.15, -0.1) is 0 Å². The van der Waals surface area contributed by atoms with Gasteiger partial charge in [-0.3, -0.25) is 4.79 Å². The molecule has 1 aliphatic carbocycles. The third-order valence-electron chi connectivity index (χ3n) is 4.22. The number of nitriles is 1. The number of amides is 1. The van der Waals surface area contributed by atoms with E-state index >= 15 is 0 Å². The van der Waals surface area contributed by atoms with Crippen molar-refractivity contribution in [2.45, 2.75) is 18.9 Å². The number of ether oxygens (including phenoxy) is 2. The van der Waals surface area contributed by atoms with Gasteiger partial charge in [-0.2, -0.15) is 5.26 Å². The monoisotopic (exact) mass is 336 g/mol. The fourth-order valence-corrected chi connectivity index (χ4v) is 2.73. The number of benzene rings is 2. The van der Waals surface area contributed by atoms with Crippen molar-refractivity contribution >= 4 is 5.91 Å². The molecule has 1 unspecified atom stereocenters. The minimum Gasteiger partial charge on any atom is -0.497 e. The summed E-state index contributed by atoms with van der Waals surface area (Å²) in [6.45, 7) is -0.0751. The second-order valence-corrected chi connectivity index (χ2v) is 6.08. The van der Waals surface area contributed by atoms with E-state index in [0.717, 1.165) is 24.2 Å². The minimum atomic E-state index is -0.171. The van der Waals surface area contributed by atoms with Crippen LogP contribution >= 0.6 is 0 Å². The largest absolute Gasteiger partial charge is 0.497 e. The molecule has 0 heterocycles. The number of hydrogen-bond acceptors (Lipinski definition) is 4. The van der Waals surface area contributed by atoms with E-state index in [1.54, 1.807) is 31.4 Å². The topological polar surface area (TPSA) is 71.3 Å². The molecule has 0 aliphatic heterocycles. The Kier molecular flexibility index (Phi) is 5.20. The Labute approximate surface area is 147 Å². The number of carbonyl (C=O) groups is 1. The van der Waals surface area contributed by atoms with Gasteiger partial charge in [-0.25, -0.2) is 0 Å². The van der Waals surface area contributed by atoms with Crippen molar-refractivity contribution in [1.82, 2.24) is 5.32 Å². The van der Waals surface area contributed by atoms with E-state index < -0.39 is 0 Å². The van der Waals surface area contributed by atoms with E-state index in [4.69, 9.17) is 14.7 Å². The smallest absolute Gasteiger partial charge is 0.258 e. The maximum atomic E-state index is 12.3. The molecule has 1 atom stereocenters. The summed E-state index contributed by atoms with van der Waals surface area (Å²) in [6.07, 6.45) is 2.23. The molecule has 0 saturated heterocycles. The zero-order valence-electron chi connectivity index (χ0n) is 14.1. The van der Waals surface area contributed by atoms with Gasteiger partial charge in [-0.05, 0) is 54.7 Å². The van der Waals surface area contributed by atoms with Crippen LogP contribution in [0, 0.1) is 17.2 Å². The molecule has 1 amide bonds. The number of carbonyl (C=O) groups excluding carboxylic acids is 1. The Morgan fingerprint density at radius 2 is 2.00 bits per heavy atom. The molecule has 0 spiro atoms. The predicted octanol–water partition coefficient (Wildman–Crippen LogP) is 3.21. The van der Waals surface area contributed by atoms with Gasteiger partial charge in [-0.1, -0.05) is 18.2 Å². The zero-order chi connectivity index (χ0) is 17.6. The van der Waals surface area contributed by atoms with Crippen LogP contribution in [0.1, 0.15) is 30.0 Å². The molecular formula is C20H20N2O3. The quantitative estimate of drug-likeness (QED) is 0.843. The standard InChI is InChI=1S/C20H20N2O3/c1-24-17-9-7-16(8-10-17)20(15-5-6-15)22-19(23)13-25-18-4-2-3-14(11-18)12-21/h2-4,7-11,15,20H,5-6,13H2,1H3,(H,22,23). The summed E-state index contributed by atoms with van der Waals surface area (Å²) in [4.78, 5) is 12.3. The van der Waals surface area contributed by atoms with Crippen molar-refractivity contribution in [3.63, 3.8) is 0 Å². The minimum absolute atomic E-state index is 0.00699.